The molecular formula is C30H24FeN2-6. The van der Waals surface area contributed by atoms with Crippen LogP contribution in [-0.4, -0.2) is 0 Å². The molecule has 0 bridgehead atoms. The SMILES string of the molecule is CC(=Cc1ccc(C#N)cc1)[c-]1[cH-][cH-][cH-][cH-]1.CC(=Cc1ccccc1C#N)[c-]1cccc1.[Fe]. The maximum atomic E-state index is 8.98. The molecule has 0 aliphatic carbocycles. The predicted octanol–water partition coefficient (Wildman–Crippen LogP) is 7.67. The Hall–Kier alpha value is -3.88. The molecule has 0 aliphatic heterocycles. The van der Waals surface area contributed by atoms with Crippen molar-refractivity contribution in [2.45, 2.75) is 13.8 Å². The van der Waals surface area contributed by atoms with Gasteiger partial charge in [0.1, 0.15) is 0 Å². The van der Waals surface area contributed by atoms with E-state index in [4.69, 9.17) is 10.5 Å². The average molecular weight is 468 g/mol. The second-order valence-corrected chi connectivity index (χ2v) is 7.43. The zero-order chi connectivity index (χ0) is 22.8. The van der Waals surface area contributed by atoms with E-state index in [0.717, 1.165) is 11.1 Å². The van der Waals surface area contributed by atoms with Gasteiger partial charge in [0.25, 0.3) is 0 Å². The van der Waals surface area contributed by atoms with Gasteiger partial charge >= 0.3 is 0 Å². The molecule has 0 radical (unpaired) electrons. The van der Waals surface area contributed by atoms with Crippen molar-refractivity contribution in [1.29, 1.82) is 10.5 Å². The van der Waals surface area contributed by atoms with Crippen molar-refractivity contribution in [2.24, 2.45) is 0 Å². The van der Waals surface area contributed by atoms with E-state index in [-0.39, 0.29) is 17.1 Å². The Morgan fingerprint density at radius 2 is 1.42 bits per heavy atom. The Balaban J connectivity index is 0.000000227. The number of hydrogen-bond acceptors (Lipinski definition) is 2. The molecule has 3 heteroatoms. The van der Waals surface area contributed by atoms with Crippen LogP contribution in [0, 0.1) is 22.7 Å². The van der Waals surface area contributed by atoms with E-state index >= 15 is 0 Å². The standard InChI is InChI=1S/2C15H12N.Fe/c1-12(13-6-2-3-7-13)10-14-8-4-5-9-15(14)11-16;1-12(15-4-2-3-5-15)10-13-6-8-14(11-16)9-7-13;/h2*2-10H,1H3;/q-1;-5;. The molecule has 2 nitrogen and oxygen atoms in total. The molecule has 4 aromatic carbocycles. The first-order valence-electron chi connectivity index (χ1n) is 10.4. The number of hydrogen-bond donors (Lipinski definition) is 0. The first kappa shape index (κ1) is 25.4. The van der Waals surface area contributed by atoms with Gasteiger partial charge in [-0.25, -0.2) is 0 Å². The fraction of sp³-hybridized carbons (Fsp3) is 0.0667. The number of nitriles is 2. The van der Waals surface area contributed by atoms with Gasteiger partial charge in [-0.05, 0) is 23.8 Å². The Morgan fingerprint density at radius 3 is 2.03 bits per heavy atom. The van der Waals surface area contributed by atoms with Gasteiger partial charge in [-0.3, -0.25) is 0 Å². The maximum Gasteiger partial charge on any atom is 0.0991 e. The summed E-state index contributed by atoms with van der Waals surface area (Å²) in [5.74, 6) is 0. The van der Waals surface area contributed by atoms with E-state index in [9.17, 15) is 0 Å². The Bertz CT molecular complexity index is 1270. The topological polar surface area (TPSA) is 47.6 Å². The molecular weight excluding hydrogens is 444 g/mol. The molecule has 0 atom stereocenters. The van der Waals surface area contributed by atoms with Crippen LogP contribution in [0.4, 0.5) is 0 Å². The zero-order valence-electron chi connectivity index (χ0n) is 18.6. The number of allylic oxidation sites excluding steroid dienone is 2. The van der Waals surface area contributed by atoms with Crippen molar-refractivity contribution in [3.8, 4) is 12.1 Å². The van der Waals surface area contributed by atoms with Crippen LogP contribution in [0.15, 0.2) is 97.1 Å². The second kappa shape index (κ2) is 12.8. The van der Waals surface area contributed by atoms with Crippen molar-refractivity contribution in [2.75, 3.05) is 0 Å². The first-order valence-corrected chi connectivity index (χ1v) is 10.4. The molecule has 4 aromatic rings. The number of rotatable bonds is 4. The molecule has 0 saturated heterocycles. The van der Waals surface area contributed by atoms with Crippen LogP contribution < -0.4 is 0 Å². The fourth-order valence-corrected chi connectivity index (χ4v) is 3.30. The summed E-state index contributed by atoms with van der Waals surface area (Å²) in [6.45, 7) is 4.15. The maximum absolute atomic E-state index is 8.98. The third-order valence-corrected chi connectivity index (χ3v) is 5.11. The number of benzene rings is 2. The van der Waals surface area contributed by atoms with Crippen LogP contribution in [0.2, 0.25) is 0 Å². The molecule has 33 heavy (non-hydrogen) atoms. The van der Waals surface area contributed by atoms with Crippen LogP contribution in [0.1, 0.15) is 47.2 Å². The van der Waals surface area contributed by atoms with Crippen molar-refractivity contribution in [3.63, 3.8) is 0 Å². The summed E-state index contributed by atoms with van der Waals surface area (Å²) < 4.78 is 0. The van der Waals surface area contributed by atoms with Crippen LogP contribution in [0.3, 0.4) is 0 Å². The molecule has 0 heterocycles. The summed E-state index contributed by atoms with van der Waals surface area (Å²) >= 11 is 0. The van der Waals surface area contributed by atoms with E-state index in [2.05, 4.69) is 56.3 Å². The van der Waals surface area contributed by atoms with Gasteiger partial charge in [-0.1, -0.05) is 37.3 Å². The summed E-state index contributed by atoms with van der Waals surface area (Å²) in [5, 5.41) is 17.7. The molecule has 168 valence electrons. The van der Waals surface area contributed by atoms with E-state index in [1.807, 2.05) is 78.9 Å². The summed E-state index contributed by atoms with van der Waals surface area (Å²) in [6, 6.07) is 36.0. The van der Waals surface area contributed by atoms with E-state index in [0.29, 0.717) is 11.1 Å². The van der Waals surface area contributed by atoms with Gasteiger partial charge in [-0.2, -0.15) is 35.1 Å². The van der Waals surface area contributed by atoms with Gasteiger partial charge in [-0.15, -0.1) is 29.3 Å². The molecule has 0 aliphatic rings. The van der Waals surface area contributed by atoms with Crippen LogP contribution >= 0.6 is 0 Å². The molecule has 0 amide bonds. The van der Waals surface area contributed by atoms with E-state index in [1.54, 1.807) is 0 Å². The van der Waals surface area contributed by atoms with Crippen molar-refractivity contribution < 1.29 is 17.1 Å². The number of nitrogens with zero attached hydrogens (tertiary/aromatic N) is 2. The van der Waals surface area contributed by atoms with Crippen molar-refractivity contribution in [1.82, 2.24) is 0 Å². The quantitative estimate of drug-likeness (QED) is 0.228. The fourth-order valence-electron chi connectivity index (χ4n) is 3.30. The molecule has 0 saturated carbocycles. The normalized spacial score (nSPS) is 10.8. The molecule has 0 N–H and O–H groups in total. The minimum atomic E-state index is 0. The van der Waals surface area contributed by atoms with Crippen LogP contribution in [-0.2, 0) is 17.1 Å². The summed E-state index contributed by atoms with van der Waals surface area (Å²) in [7, 11) is 0. The summed E-state index contributed by atoms with van der Waals surface area (Å²) in [4.78, 5) is 0. The van der Waals surface area contributed by atoms with Crippen molar-refractivity contribution in [3.05, 3.63) is 130 Å². The predicted molar refractivity (Wildman–Crippen MR) is 133 cm³/mol. The van der Waals surface area contributed by atoms with Crippen molar-refractivity contribution >= 4 is 23.3 Å². The minimum absolute atomic E-state index is 0. The largest absolute Gasteiger partial charge is 0.684 e. The first-order chi connectivity index (χ1) is 15.6. The van der Waals surface area contributed by atoms with Gasteiger partial charge in [0, 0.05) is 17.1 Å². The second-order valence-electron chi connectivity index (χ2n) is 7.43. The van der Waals surface area contributed by atoms with Crippen LogP contribution in [0.25, 0.3) is 23.3 Å². The Labute approximate surface area is 207 Å². The average Bonchev–Trinajstić information content (AvgIpc) is 3.55. The van der Waals surface area contributed by atoms with E-state index in [1.165, 1.54) is 22.3 Å². The Morgan fingerprint density at radius 1 is 0.788 bits per heavy atom. The smallest absolute Gasteiger partial charge is 0.0991 e. The van der Waals surface area contributed by atoms with E-state index < -0.39 is 0 Å². The minimum Gasteiger partial charge on any atom is -0.684 e. The van der Waals surface area contributed by atoms with Crippen LogP contribution in [0.5, 0.6) is 0 Å². The van der Waals surface area contributed by atoms with Gasteiger partial charge in [0.2, 0.25) is 0 Å². The molecule has 0 unspecified atom stereocenters. The monoisotopic (exact) mass is 468 g/mol. The zero-order valence-corrected chi connectivity index (χ0v) is 19.7. The molecule has 0 spiro atoms. The van der Waals surface area contributed by atoms with Gasteiger partial charge < -0.3 is 41.5 Å². The summed E-state index contributed by atoms with van der Waals surface area (Å²) in [6.07, 6.45) is 4.17. The van der Waals surface area contributed by atoms with Gasteiger partial charge in [0.15, 0.2) is 0 Å². The Kier molecular flexibility index (Phi) is 9.88. The summed E-state index contributed by atoms with van der Waals surface area (Å²) in [5.41, 5.74) is 8.36. The molecule has 4 rings (SSSR count). The molecule has 0 aromatic heterocycles. The third-order valence-electron chi connectivity index (χ3n) is 5.11. The third kappa shape index (κ3) is 7.34. The molecule has 0 fully saturated rings. The van der Waals surface area contributed by atoms with Gasteiger partial charge in [0.05, 0.1) is 23.3 Å².